The van der Waals surface area contributed by atoms with E-state index in [2.05, 4.69) is 4.98 Å². The third-order valence-corrected chi connectivity index (χ3v) is 3.58. The van der Waals surface area contributed by atoms with Crippen molar-refractivity contribution in [2.45, 2.75) is 0 Å². The molecule has 0 saturated carbocycles. The Bertz CT molecular complexity index is 916. The molecule has 0 fully saturated rings. The minimum Gasteiger partial charge on any atom is -0.477 e. The van der Waals surface area contributed by atoms with Gasteiger partial charge < -0.3 is 5.11 Å². The van der Waals surface area contributed by atoms with E-state index in [0.717, 1.165) is 5.56 Å². The predicted octanol–water partition coefficient (Wildman–Crippen LogP) is 2.81. The molecule has 0 bridgehead atoms. The van der Waals surface area contributed by atoms with Crippen LogP contribution >= 0.6 is 0 Å². The van der Waals surface area contributed by atoms with Gasteiger partial charge in [-0.2, -0.15) is 0 Å². The summed E-state index contributed by atoms with van der Waals surface area (Å²) in [6, 6.07) is 18.1. The normalized spacial score (nSPS) is 10.5. The van der Waals surface area contributed by atoms with Crippen molar-refractivity contribution >= 4 is 5.97 Å². The Balaban J connectivity index is 2.36. The first kappa shape index (κ1) is 14.7. The van der Waals surface area contributed by atoms with Crippen LogP contribution in [0.2, 0.25) is 0 Å². The molecule has 1 heterocycles. The largest absolute Gasteiger partial charge is 0.477 e. The molecule has 0 saturated heterocycles. The van der Waals surface area contributed by atoms with E-state index in [0.29, 0.717) is 11.4 Å². The monoisotopic (exact) mass is 306 g/mol. The molecule has 2 aromatic carbocycles. The van der Waals surface area contributed by atoms with E-state index in [1.807, 2.05) is 36.4 Å². The summed E-state index contributed by atoms with van der Waals surface area (Å²) < 4.78 is 1.27. The number of carboxylic acid groups (broad SMARTS) is 1. The number of aromatic nitrogens is 2. The number of nitrogens with zero attached hydrogens (tertiary/aromatic N) is 2. The summed E-state index contributed by atoms with van der Waals surface area (Å²) in [4.78, 5) is 28.6. The smallest absolute Gasteiger partial charge is 0.343 e. The van der Waals surface area contributed by atoms with Crippen LogP contribution in [0.15, 0.2) is 65.5 Å². The van der Waals surface area contributed by atoms with Crippen molar-refractivity contribution in [2.75, 3.05) is 0 Å². The zero-order valence-electron chi connectivity index (χ0n) is 12.4. The van der Waals surface area contributed by atoms with Gasteiger partial charge in [0.05, 0.1) is 5.69 Å². The molecule has 1 N–H and O–H groups in total. The van der Waals surface area contributed by atoms with E-state index in [9.17, 15) is 14.7 Å². The van der Waals surface area contributed by atoms with Gasteiger partial charge >= 0.3 is 5.97 Å². The Kier molecular flexibility index (Phi) is 3.76. The zero-order chi connectivity index (χ0) is 16.4. The Morgan fingerprint density at radius 2 is 1.48 bits per heavy atom. The summed E-state index contributed by atoms with van der Waals surface area (Å²) in [5.74, 6) is -0.851. The minimum atomic E-state index is -1.28. The molecule has 0 aliphatic carbocycles. The fourth-order valence-corrected chi connectivity index (χ4v) is 2.45. The third-order valence-electron chi connectivity index (χ3n) is 3.58. The summed E-state index contributed by atoms with van der Waals surface area (Å²) in [6.07, 6.45) is 0. The molecule has 114 valence electrons. The van der Waals surface area contributed by atoms with Crippen LogP contribution in [0.3, 0.4) is 0 Å². The zero-order valence-corrected chi connectivity index (χ0v) is 12.4. The summed E-state index contributed by atoms with van der Waals surface area (Å²) in [5.41, 5.74) is 0.629. The summed E-state index contributed by atoms with van der Waals surface area (Å²) in [5, 5.41) is 9.44. The average molecular weight is 306 g/mol. The number of rotatable bonds is 3. The molecule has 0 aliphatic rings. The highest BCUT2D eigenvalue weighted by atomic mass is 16.4. The third kappa shape index (κ3) is 2.64. The quantitative estimate of drug-likeness (QED) is 0.807. The molecule has 0 radical (unpaired) electrons. The standard InChI is InChI=1S/C18H14N2O3/c1-20-16(13-10-6-3-7-11-13)19-15(12-8-4-2-5-9-12)14(17(20)21)18(22)23/h2-11H,1H3,(H,22,23). The van der Waals surface area contributed by atoms with E-state index >= 15 is 0 Å². The van der Waals surface area contributed by atoms with Crippen LogP contribution < -0.4 is 5.56 Å². The van der Waals surface area contributed by atoms with Crippen molar-refractivity contribution < 1.29 is 9.90 Å². The molecule has 0 spiro atoms. The highest BCUT2D eigenvalue weighted by molar-refractivity contribution is 5.94. The van der Waals surface area contributed by atoms with Crippen molar-refractivity contribution in [3.05, 3.63) is 76.6 Å². The summed E-state index contributed by atoms with van der Waals surface area (Å²) in [7, 11) is 1.53. The first-order chi connectivity index (χ1) is 11.1. The molecule has 0 aliphatic heterocycles. The van der Waals surface area contributed by atoms with Crippen LogP contribution in [0, 0.1) is 0 Å². The van der Waals surface area contributed by atoms with Crippen molar-refractivity contribution in [1.29, 1.82) is 0 Å². The minimum absolute atomic E-state index is 0.181. The molecule has 0 atom stereocenters. The van der Waals surface area contributed by atoms with Gasteiger partial charge in [0.25, 0.3) is 5.56 Å². The molecule has 0 amide bonds. The maximum atomic E-state index is 12.5. The van der Waals surface area contributed by atoms with E-state index < -0.39 is 11.5 Å². The molecule has 1 aromatic heterocycles. The van der Waals surface area contributed by atoms with Crippen LogP contribution in [0.1, 0.15) is 10.4 Å². The Morgan fingerprint density at radius 3 is 2.00 bits per heavy atom. The Morgan fingerprint density at radius 1 is 0.957 bits per heavy atom. The van der Waals surface area contributed by atoms with Gasteiger partial charge in [-0.05, 0) is 0 Å². The molecule has 5 heteroatoms. The maximum Gasteiger partial charge on any atom is 0.343 e. The molecule has 0 unspecified atom stereocenters. The predicted molar refractivity (Wildman–Crippen MR) is 87.3 cm³/mol. The van der Waals surface area contributed by atoms with Gasteiger partial charge in [0.2, 0.25) is 0 Å². The van der Waals surface area contributed by atoms with Crippen molar-refractivity contribution in [1.82, 2.24) is 9.55 Å². The molecule has 5 nitrogen and oxygen atoms in total. The van der Waals surface area contributed by atoms with Crippen molar-refractivity contribution in [2.24, 2.45) is 7.05 Å². The van der Waals surface area contributed by atoms with Crippen LogP contribution in [0.5, 0.6) is 0 Å². The lowest BCUT2D eigenvalue weighted by atomic mass is 10.1. The Hall–Kier alpha value is -3.21. The topological polar surface area (TPSA) is 72.2 Å². The highest BCUT2D eigenvalue weighted by Crippen LogP contribution is 2.23. The first-order valence-corrected chi connectivity index (χ1v) is 7.04. The number of aromatic carboxylic acids is 1. The summed E-state index contributed by atoms with van der Waals surface area (Å²) in [6.45, 7) is 0. The second-order valence-electron chi connectivity index (χ2n) is 5.06. The summed E-state index contributed by atoms with van der Waals surface area (Å²) >= 11 is 0. The SMILES string of the molecule is Cn1c(-c2ccccc2)nc(-c2ccccc2)c(C(=O)O)c1=O. The molecule has 3 rings (SSSR count). The fourth-order valence-electron chi connectivity index (χ4n) is 2.45. The van der Waals surface area contributed by atoms with Crippen LogP contribution in [-0.2, 0) is 7.05 Å². The van der Waals surface area contributed by atoms with Gasteiger partial charge in [0.1, 0.15) is 5.82 Å². The van der Waals surface area contributed by atoms with E-state index in [-0.39, 0.29) is 11.3 Å². The average Bonchev–Trinajstić information content (AvgIpc) is 2.58. The number of hydrogen-bond acceptors (Lipinski definition) is 3. The number of carbonyl (C=O) groups is 1. The number of benzene rings is 2. The fraction of sp³-hybridized carbons (Fsp3) is 0.0556. The lowest BCUT2D eigenvalue weighted by Gasteiger charge is -2.12. The van der Waals surface area contributed by atoms with Crippen molar-refractivity contribution in [3.8, 4) is 22.6 Å². The van der Waals surface area contributed by atoms with Crippen LogP contribution in [0.4, 0.5) is 0 Å². The van der Waals surface area contributed by atoms with Gasteiger partial charge in [-0.3, -0.25) is 9.36 Å². The number of carboxylic acids is 1. The van der Waals surface area contributed by atoms with Crippen molar-refractivity contribution in [3.63, 3.8) is 0 Å². The van der Waals surface area contributed by atoms with Gasteiger partial charge in [-0.25, -0.2) is 9.78 Å². The molecular weight excluding hydrogens is 292 g/mol. The first-order valence-electron chi connectivity index (χ1n) is 7.04. The number of hydrogen-bond donors (Lipinski definition) is 1. The van der Waals surface area contributed by atoms with Gasteiger partial charge in [-0.15, -0.1) is 0 Å². The second-order valence-corrected chi connectivity index (χ2v) is 5.06. The highest BCUT2D eigenvalue weighted by Gasteiger charge is 2.22. The van der Waals surface area contributed by atoms with Crippen LogP contribution in [-0.4, -0.2) is 20.6 Å². The van der Waals surface area contributed by atoms with Gasteiger partial charge in [0, 0.05) is 18.2 Å². The van der Waals surface area contributed by atoms with E-state index in [1.165, 1.54) is 11.6 Å². The molecule has 23 heavy (non-hydrogen) atoms. The van der Waals surface area contributed by atoms with Crippen LogP contribution in [0.25, 0.3) is 22.6 Å². The van der Waals surface area contributed by atoms with E-state index in [1.54, 1.807) is 24.3 Å². The molecular formula is C18H14N2O3. The van der Waals surface area contributed by atoms with Gasteiger partial charge in [0.15, 0.2) is 5.56 Å². The maximum absolute atomic E-state index is 12.5. The Labute approximate surface area is 132 Å². The van der Waals surface area contributed by atoms with Gasteiger partial charge in [-0.1, -0.05) is 60.7 Å². The lowest BCUT2D eigenvalue weighted by molar-refractivity contribution is 0.0695. The molecule has 3 aromatic rings. The second kappa shape index (κ2) is 5.88. The lowest BCUT2D eigenvalue weighted by Crippen LogP contribution is -2.28. The van der Waals surface area contributed by atoms with E-state index in [4.69, 9.17) is 0 Å².